The van der Waals surface area contributed by atoms with E-state index < -0.39 is 0 Å². The van der Waals surface area contributed by atoms with Gasteiger partial charge in [0.2, 0.25) is 0 Å². The maximum atomic E-state index is 12.1. The van der Waals surface area contributed by atoms with Crippen LogP contribution >= 0.6 is 0 Å². The third kappa shape index (κ3) is 12.4. The van der Waals surface area contributed by atoms with Crippen molar-refractivity contribution in [2.75, 3.05) is 72.1 Å². The van der Waals surface area contributed by atoms with Crippen molar-refractivity contribution >= 4 is 17.9 Å². The van der Waals surface area contributed by atoms with E-state index in [1.165, 1.54) is 7.11 Å². The molecule has 1 amide bonds. The van der Waals surface area contributed by atoms with Gasteiger partial charge in [0.15, 0.2) is 0 Å². The lowest BCUT2D eigenvalue weighted by molar-refractivity contribution is -0.107. The number of carbonyl (C=O) groups is 2. The third-order valence-electron chi connectivity index (χ3n) is 4.12. The molecule has 0 heterocycles. The van der Waals surface area contributed by atoms with Gasteiger partial charge in [0.1, 0.15) is 12.0 Å². The van der Waals surface area contributed by atoms with Gasteiger partial charge < -0.3 is 40.1 Å². The molecule has 1 rings (SSSR count). The molecule has 4 N–H and O–H groups in total. The second kappa shape index (κ2) is 17.6. The number of hydrogen-bond donors (Lipinski definition) is 3. The van der Waals surface area contributed by atoms with E-state index in [4.69, 9.17) is 24.7 Å². The van der Waals surface area contributed by atoms with Crippen molar-refractivity contribution in [1.29, 1.82) is 0 Å². The van der Waals surface area contributed by atoms with E-state index in [9.17, 15) is 9.59 Å². The highest BCUT2D eigenvalue weighted by molar-refractivity contribution is 5.95. The lowest BCUT2D eigenvalue weighted by Crippen LogP contribution is -2.27. The van der Waals surface area contributed by atoms with E-state index in [0.717, 1.165) is 32.2 Å². The number of anilines is 1. The Bertz CT molecular complexity index is 600. The molecule has 1 aromatic carbocycles. The summed E-state index contributed by atoms with van der Waals surface area (Å²) < 4.78 is 21.4. The molecule has 0 aliphatic heterocycles. The van der Waals surface area contributed by atoms with Crippen molar-refractivity contribution in [3.8, 4) is 5.75 Å². The molecule has 0 atom stereocenters. The topological polar surface area (TPSA) is 121 Å². The van der Waals surface area contributed by atoms with Gasteiger partial charge in [-0.1, -0.05) is 0 Å². The molecule has 0 aliphatic rings. The van der Waals surface area contributed by atoms with Gasteiger partial charge in [0, 0.05) is 25.1 Å². The number of ether oxygens (including phenoxy) is 4. The second-order valence-corrected chi connectivity index (χ2v) is 6.46. The molecule has 170 valence electrons. The molecular formula is C21H35N3O6. The summed E-state index contributed by atoms with van der Waals surface area (Å²) in [5.41, 5.74) is 6.71. The van der Waals surface area contributed by atoms with Crippen LogP contribution in [0.5, 0.6) is 5.75 Å². The molecule has 0 radical (unpaired) electrons. The first-order chi connectivity index (χ1) is 14.7. The molecule has 0 unspecified atom stereocenters. The van der Waals surface area contributed by atoms with Crippen molar-refractivity contribution < 1.29 is 28.5 Å². The summed E-state index contributed by atoms with van der Waals surface area (Å²) in [4.78, 5) is 22.2. The second-order valence-electron chi connectivity index (χ2n) is 6.46. The Morgan fingerprint density at radius 3 is 2.30 bits per heavy atom. The quantitative estimate of drug-likeness (QED) is 0.171. The summed E-state index contributed by atoms with van der Waals surface area (Å²) in [5, 5.41) is 6.03. The van der Waals surface area contributed by atoms with Crippen LogP contribution in [0.4, 0.5) is 5.69 Å². The number of hydrogen-bond acceptors (Lipinski definition) is 8. The van der Waals surface area contributed by atoms with E-state index in [2.05, 4.69) is 10.6 Å². The zero-order valence-corrected chi connectivity index (χ0v) is 17.8. The SMILES string of the molecule is COc1cc(C(=O)NCCOCCOCCOCCNCCCCC=O)ccc1N. The van der Waals surface area contributed by atoms with Gasteiger partial charge in [0.25, 0.3) is 5.91 Å². The fourth-order valence-corrected chi connectivity index (χ4v) is 2.48. The summed E-state index contributed by atoms with van der Waals surface area (Å²) in [7, 11) is 1.51. The van der Waals surface area contributed by atoms with Crippen LogP contribution in [0.15, 0.2) is 18.2 Å². The number of benzene rings is 1. The molecular weight excluding hydrogens is 390 g/mol. The largest absolute Gasteiger partial charge is 0.495 e. The van der Waals surface area contributed by atoms with Gasteiger partial charge in [-0.2, -0.15) is 0 Å². The molecule has 9 nitrogen and oxygen atoms in total. The van der Waals surface area contributed by atoms with Crippen LogP contribution in [0, 0.1) is 0 Å². The molecule has 9 heteroatoms. The Hall–Kier alpha value is -2.20. The van der Waals surface area contributed by atoms with E-state index >= 15 is 0 Å². The number of nitrogen functional groups attached to an aromatic ring is 1. The molecule has 30 heavy (non-hydrogen) atoms. The zero-order chi connectivity index (χ0) is 21.9. The average Bonchev–Trinajstić information content (AvgIpc) is 2.76. The molecule has 0 aliphatic carbocycles. The summed E-state index contributed by atoms with van der Waals surface area (Å²) in [6.45, 7) is 5.10. The van der Waals surface area contributed by atoms with Crippen LogP contribution in [-0.4, -0.2) is 78.6 Å². The molecule has 0 saturated carbocycles. The molecule has 0 saturated heterocycles. The van der Waals surface area contributed by atoms with Gasteiger partial charge in [-0.05, 0) is 37.6 Å². The fraction of sp³-hybridized carbons (Fsp3) is 0.619. The Kier molecular flexibility index (Phi) is 15.2. The minimum absolute atomic E-state index is 0.208. The third-order valence-corrected chi connectivity index (χ3v) is 4.12. The minimum atomic E-state index is -0.208. The van der Waals surface area contributed by atoms with Crippen molar-refractivity contribution in [3.63, 3.8) is 0 Å². The fourth-order valence-electron chi connectivity index (χ4n) is 2.48. The van der Waals surface area contributed by atoms with Crippen LogP contribution in [0.25, 0.3) is 0 Å². The first-order valence-corrected chi connectivity index (χ1v) is 10.3. The number of nitrogens with one attached hydrogen (secondary N) is 2. The highest BCUT2D eigenvalue weighted by Crippen LogP contribution is 2.21. The number of aldehydes is 1. The first-order valence-electron chi connectivity index (χ1n) is 10.3. The first kappa shape index (κ1) is 25.8. The predicted molar refractivity (Wildman–Crippen MR) is 115 cm³/mol. The number of rotatable bonds is 19. The molecule has 0 spiro atoms. The summed E-state index contributed by atoms with van der Waals surface area (Å²) in [5.74, 6) is 0.267. The Labute approximate surface area is 178 Å². The van der Waals surface area contributed by atoms with E-state index in [-0.39, 0.29) is 5.91 Å². The van der Waals surface area contributed by atoms with E-state index in [1.807, 2.05) is 0 Å². The van der Waals surface area contributed by atoms with Crippen LogP contribution in [0.1, 0.15) is 29.6 Å². The molecule has 0 bridgehead atoms. The van der Waals surface area contributed by atoms with E-state index in [0.29, 0.717) is 69.6 Å². The van der Waals surface area contributed by atoms with Crippen molar-refractivity contribution in [3.05, 3.63) is 23.8 Å². The van der Waals surface area contributed by atoms with Gasteiger partial charge in [-0.3, -0.25) is 4.79 Å². The molecule has 1 aromatic rings. The minimum Gasteiger partial charge on any atom is -0.495 e. The van der Waals surface area contributed by atoms with E-state index in [1.54, 1.807) is 18.2 Å². The average molecular weight is 426 g/mol. The Balaban J connectivity index is 1.87. The highest BCUT2D eigenvalue weighted by atomic mass is 16.5. The van der Waals surface area contributed by atoms with Crippen molar-refractivity contribution in [2.24, 2.45) is 0 Å². The maximum absolute atomic E-state index is 12.1. The van der Waals surface area contributed by atoms with Crippen molar-refractivity contribution in [1.82, 2.24) is 10.6 Å². The summed E-state index contributed by atoms with van der Waals surface area (Å²) >= 11 is 0. The summed E-state index contributed by atoms with van der Waals surface area (Å²) in [6.07, 6.45) is 3.51. The normalized spacial score (nSPS) is 10.7. The predicted octanol–water partition coefficient (Wildman–Crippen LogP) is 1.02. The van der Waals surface area contributed by atoms with Crippen LogP contribution in [-0.2, 0) is 19.0 Å². The standard InChI is InChI=1S/C21H35N3O6/c1-27-20-17-18(5-6-19(20)22)21(26)24-9-12-29-14-16-30-15-13-28-11-8-23-7-3-2-4-10-25/h5-6,10,17,23H,2-4,7-9,11-16,22H2,1H3,(H,24,26). The number of carbonyl (C=O) groups excluding carboxylic acids is 2. The molecule has 0 fully saturated rings. The van der Waals surface area contributed by atoms with Gasteiger partial charge in [0.05, 0.1) is 52.4 Å². The monoisotopic (exact) mass is 425 g/mol. The molecule has 0 aromatic heterocycles. The highest BCUT2D eigenvalue weighted by Gasteiger charge is 2.08. The van der Waals surface area contributed by atoms with Crippen LogP contribution < -0.4 is 21.1 Å². The number of nitrogens with two attached hydrogens (primary N) is 1. The van der Waals surface area contributed by atoms with Gasteiger partial charge >= 0.3 is 0 Å². The lowest BCUT2D eigenvalue weighted by atomic mass is 10.2. The smallest absolute Gasteiger partial charge is 0.251 e. The number of methoxy groups -OCH3 is 1. The Morgan fingerprint density at radius 1 is 0.967 bits per heavy atom. The lowest BCUT2D eigenvalue weighted by Gasteiger charge is -2.09. The van der Waals surface area contributed by atoms with Crippen LogP contribution in [0.3, 0.4) is 0 Å². The Morgan fingerprint density at radius 2 is 1.63 bits per heavy atom. The summed E-state index contributed by atoms with van der Waals surface area (Å²) in [6, 6.07) is 4.89. The van der Waals surface area contributed by atoms with Gasteiger partial charge in [-0.25, -0.2) is 0 Å². The van der Waals surface area contributed by atoms with Crippen LogP contribution in [0.2, 0.25) is 0 Å². The zero-order valence-electron chi connectivity index (χ0n) is 17.8. The van der Waals surface area contributed by atoms with Gasteiger partial charge in [-0.15, -0.1) is 0 Å². The number of unbranched alkanes of at least 4 members (excludes halogenated alkanes) is 2. The van der Waals surface area contributed by atoms with Crippen molar-refractivity contribution in [2.45, 2.75) is 19.3 Å². The number of amides is 1. The maximum Gasteiger partial charge on any atom is 0.251 e.